The van der Waals surface area contributed by atoms with Crippen molar-refractivity contribution in [3.05, 3.63) is 18.2 Å². The Kier molecular flexibility index (Phi) is 2.41. The van der Waals surface area contributed by atoms with E-state index < -0.39 is 0 Å². The van der Waals surface area contributed by atoms with Gasteiger partial charge in [0.1, 0.15) is 5.52 Å². The summed E-state index contributed by atoms with van der Waals surface area (Å²) in [7, 11) is 0. The summed E-state index contributed by atoms with van der Waals surface area (Å²) in [5.41, 5.74) is 8.09. The first-order chi connectivity index (χ1) is 9.29. The highest BCUT2D eigenvalue weighted by Gasteiger charge is 2.37. The average Bonchev–Trinajstić information content (AvgIpc) is 3.05. The number of hydrogen-bond donors (Lipinski definition) is 2. The van der Waals surface area contributed by atoms with Gasteiger partial charge in [-0.15, -0.1) is 0 Å². The zero-order valence-electron chi connectivity index (χ0n) is 10.8. The lowest BCUT2D eigenvalue weighted by atomic mass is 10.1. The standard InChI is InChI=1S/C14H18N4O/c15-9-3-4-13-11(8-9)17-14(19-13)16-10-5-7-18-6-1-2-12(10)18/h3-4,8,10,12H,1-2,5-7,15H2,(H,16,17). The van der Waals surface area contributed by atoms with Gasteiger partial charge in [0.25, 0.3) is 6.01 Å². The molecule has 5 nitrogen and oxygen atoms in total. The number of oxazole rings is 1. The third kappa shape index (κ3) is 1.85. The van der Waals surface area contributed by atoms with Crippen molar-refractivity contribution in [3.8, 4) is 0 Å². The topological polar surface area (TPSA) is 67.3 Å². The highest BCUT2D eigenvalue weighted by molar-refractivity contribution is 5.78. The molecule has 0 bridgehead atoms. The van der Waals surface area contributed by atoms with Crippen LogP contribution in [0.1, 0.15) is 19.3 Å². The molecule has 2 fully saturated rings. The number of nitrogens with two attached hydrogens (primary N) is 1. The Morgan fingerprint density at radius 3 is 3.21 bits per heavy atom. The quantitative estimate of drug-likeness (QED) is 0.807. The van der Waals surface area contributed by atoms with E-state index in [1.165, 1.54) is 32.4 Å². The van der Waals surface area contributed by atoms with Crippen LogP contribution in [-0.4, -0.2) is 35.1 Å². The number of nitrogen functional groups attached to an aromatic ring is 1. The highest BCUT2D eigenvalue weighted by Crippen LogP contribution is 2.30. The maximum Gasteiger partial charge on any atom is 0.295 e. The van der Waals surface area contributed by atoms with Crippen molar-refractivity contribution in [3.63, 3.8) is 0 Å². The summed E-state index contributed by atoms with van der Waals surface area (Å²) in [6.07, 6.45) is 3.77. The van der Waals surface area contributed by atoms with Crippen molar-refractivity contribution in [2.45, 2.75) is 31.3 Å². The van der Waals surface area contributed by atoms with Crippen LogP contribution in [0.25, 0.3) is 11.1 Å². The van der Waals surface area contributed by atoms with E-state index in [0.717, 1.165) is 16.8 Å². The predicted octanol–water partition coefficient (Wildman–Crippen LogP) is 2.06. The van der Waals surface area contributed by atoms with Gasteiger partial charge in [0.05, 0.1) is 0 Å². The third-order valence-corrected chi connectivity index (χ3v) is 4.33. The molecule has 0 saturated carbocycles. The number of fused-ring (bicyclic) bond motifs is 2. The molecule has 2 aliphatic rings. The second-order valence-corrected chi connectivity index (χ2v) is 5.53. The fourth-order valence-electron chi connectivity index (χ4n) is 3.42. The van der Waals surface area contributed by atoms with Gasteiger partial charge < -0.3 is 15.5 Å². The number of hydrogen-bond acceptors (Lipinski definition) is 5. The first-order valence-corrected chi connectivity index (χ1v) is 6.96. The summed E-state index contributed by atoms with van der Waals surface area (Å²) >= 11 is 0. The van der Waals surface area contributed by atoms with E-state index in [2.05, 4.69) is 15.2 Å². The molecular formula is C14H18N4O. The lowest BCUT2D eigenvalue weighted by Gasteiger charge is -2.20. The van der Waals surface area contributed by atoms with Gasteiger partial charge in [0, 0.05) is 24.3 Å². The second-order valence-electron chi connectivity index (χ2n) is 5.53. The van der Waals surface area contributed by atoms with Crippen LogP contribution in [0.2, 0.25) is 0 Å². The van der Waals surface area contributed by atoms with Crippen LogP contribution in [-0.2, 0) is 0 Å². The van der Waals surface area contributed by atoms with E-state index in [4.69, 9.17) is 10.2 Å². The van der Waals surface area contributed by atoms with Crippen LogP contribution in [0.15, 0.2) is 22.6 Å². The van der Waals surface area contributed by atoms with Gasteiger partial charge in [-0.05, 0) is 44.0 Å². The second kappa shape index (κ2) is 4.13. The van der Waals surface area contributed by atoms with Gasteiger partial charge in [-0.2, -0.15) is 4.98 Å². The zero-order chi connectivity index (χ0) is 12.8. The Hall–Kier alpha value is -1.75. The molecule has 3 heterocycles. The molecule has 0 aliphatic carbocycles. The van der Waals surface area contributed by atoms with Crippen LogP contribution < -0.4 is 11.1 Å². The number of anilines is 2. The van der Waals surface area contributed by atoms with Gasteiger partial charge in [-0.3, -0.25) is 4.90 Å². The number of rotatable bonds is 2. The van der Waals surface area contributed by atoms with Crippen molar-refractivity contribution in [1.82, 2.24) is 9.88 Å². The van der Waals surface area contributed by atoms with Crippen LogP contribution in [0.3, 0.4) is 0 Å². The van der Waals surface area contributed by atoms with Crippen molar-refractivity contribution in [1.29, 1.82) is 0 Å². The van der Waals surface area contributed by atoms with Crippen LogP contribution >= 0.6 is 0 Å². The van der Waals surface area contributed by atoms with Crippen molar-refractivity contribution in [2.75, 3.05) is 24.1 Å². The zero-order valence-corrected chi connectivity index (χ0v) is 10.8. The summed E-state index contributed by atoms with van der Waals surface area (Å²) in [5.74, 6) is 0. The predicted molar refractivity (Wildman–Crippen MR) is 75.0 cm³/mol. The number of nitrogens with one attached hydrogen (secondary N) is 1. The Balaban J connectivity index is 1.58. The number of aromatic nitrogens is 1. The molecule has 2 atom stereocenters. The Bertz CT molecular complexity index is 609. The van der Waals surface area contributed by atoms with Gasteiger partial charge in [-0.25, -0.2) is 0 Å². The fraction of sp³-hybridized carbons (Fsp3) is 0.500. The van der Waals surface area contributed by atoms with Gasteiger partial charge in [0.2, 0.25) is 0 Å². The van der Waals surface area contributed by atoms with E-state index in [1.54, 1.807) is 0 Å². The normalized spacial score (nSPS) is 26.9. The first kappa shape index (κ1) is 11.1. The summed E-state index contributed by atoms with van der Waals surface area (Å²) in [6, 6.07) is 7.30. The molecule has 3 N–H and O–H groups in total. The van der Waals surface area contributed by atoms with Crippen LogP contribution in [0.4, 0.5) is 11.7 Å². The maximum atomic E-state index is 5.76. The maximum absolute atomic E-state index is 5.76. The van der Waals surface area contributed by atoms with Gasteiger partial charge in [-0.1, -0.05) is 0 Å². The van der Waals surface area contributed by atoms with E-state index in [9.17, 15) is 0 Å². The minimum absolute atomic E-state index is 0.466. The summed E-state index contributed by atoms with van der Waals surface area (Å²) in [4.78, 5) is 7.04. The SMILES string of the molecule is Nc1ccc2oc(NC3CCN4CCCC34)nc2c1. The Morgan fingerprint density at radius 1 is 1.32 bits per heavy atom. The lowest BCUT2D eigenvalue weighted by Crippen LogP contribution is -2.33. The van der Waals surface area contributed by atoms with Crippen molar-refractivity contribution in [2.24, 2.45) is 0 Å². The fourth-order valence-corrected chi connectivity index (χ4v) is 3.42. The minimum atomic E-state index is 0.466. The molecule has 0 amide bonds. The van der Waals surface area contributed by atoms with Crippen molar-refractivity contribution >= 4 is 22.8 Å². The molecule has 0 spiro atoms. The third-order valence-electron chi connectivity index (χ3n) is 4.33. The molecular weight excluding hydrogens is 240 g/mol. The molecule has 2 aliphatic heterocycles. The lowest BCUT2D eigenvalue weighted by molar-refractivity contribution is 0.317. The highest BCUT2D eigenvalue weighted by atomic mass is 16.4. The molecule has 2 aromatic rings. The van der Waals surface area contributed by atoms with Crippen molar-refractivity contribution < 1.29 is 4.42 Å². The summed E-state index contributed by atoms with van der Waals surface area (Å²) < 4.78 is 5.74. The molecule has 1 aromatic heterocycles. The molecule has 2 saturated heterocycles. The number of nitrogens with zero attached hydrogens (tertiary/aromatic N) is 2. The van der Waals surface area contributed by atoms with Gasteiger partial charge in [0.15, 0.2) is 5.58 Å². The smallest absolute Gasteiger partial charge is 0.295 e. The Labute approximate surface area is 111 Å². The Morgan fingerprint density at radius 2 is 2.26 bits per heavy atom. The average molecular weight is 258 g/mol. The summed E-state index contributed by atoms with van der Waals surface area (Å²) in [5, 5.41) is 3.46. The molecule has 19 heavy (non-hydrogen) atoms. The van der Waals surface area contributed by atoms with E-state index >= 15 is 0 Å². The molecule has 0 radical (unpaired) electrons. The van der Waals surface area contributed by atoms with Crippen LogP contribution in [0, 0.1) is 0 Å². The first-order valence-electron chi connectivity index (χ1n) is 6.96. The van der Waals surface area contributed by atoms with Gasteiger partial charge >= 0.3 is 0 Å². The molecule has 4 rings (SSSR count). The molecule has 5 heteroatoms. The largest absolute Gasteiger partial charge is 0.424 e. The van der Waals surface area contributed by atoms with E-state index in [0.29, 0.717) is 18.1 Å². The van der Waals surface area contributed by atoms with Crippen LogP contribution in [0.5, 0.6) is 0 Å². The summed E-state index contributed by atoms with van der Waals surface area (Å²) in [6.45, 7) is 2.43. The van der Waals surface area contributed by atoms with E-state index in [1.807, 2.05) is 18.2 Å². The monoisotopic (exact) mass is 258 g/mol. The van der Waals surface area contributed by atoms with E-state index in [-0.39, 0.29) is 0 Å². The molecule has 2 unspecified atom stereocenters. The molecule has 1 aromatic carbocycles. The number of benzene rings is 1. The minimum Gasteiger partial charge on any atom is -0.424 e. The molecule has 100 valence electrons.